The first kappa shape index (κ1) is 20.9. The van der Waals surface area contributed by atoms with Gasteiger partial charge in [-0.05, 0) is 61.2 Å². The number of hydrogen-bond donors (Lipinski definition) is 1. The molecule has 2 atom stereocenters. The van der Waals surface area contributed by atoms with Crippen molar-refractivity contribution in [1.82, 2.24) is 9.97 Å². The number of fused-ring (bicyclic) bond motifs is 1. The molecule has 3 aromatic rings. The summed E-state index contributed by atoms with van der Waals surface area (Å²) in [6, 6.07) is 8.24. The van der Waals surface area contributed by atoms with Gasteiger partial charge in [-0.2, -0.15) is 0 Å². The van der Waals surface area contributed by atoms with Crippen LogP contribution in [0.25, 0.3) is 0 Å². The van der Waals surface area contributed by atoms with E-state index in [0.29, 0.717) is 34.2 Å². The minimum absolute atomic E-state index is 0.149. The Morgan fingerprint density at radius 3 is 2.73 bits per heavy atom. The Morgan fingerprint density at radius 1 is 1.30 bits per heavy atom. The predicted octanol–water partition coefficient (Wildman–Crippen LogP) is 3.74. The molecule has 1 aliphatic rings. The maximum Gasteiger partial charge on any atom is 0.258 e. The summed E-state index contributed by atoms with van der Waals surface area (Å²) in [7, 11) is 0. The molecule has 0 spiro atoms. The van der Waals surface area contributed by atoms with Crippen molar-refractivity contribution >= 4 is 51.1 Å². The number of aromatic nitrogens is 2. The molecular formula is C19H15ClFN4O3S2-. The number of amides is 1. The van der Waals surface area contributed by atoms with Crippen molar-refractivity contribution in [2.45, 2.75) is 25.3 Å². The lowest BCUT2D eigenvalue weighted by molar-refractivity contribution is 0.102. The number of nitrogens with one attached hydrogen (secondary N) is 1. The van der Waals surface area contributed by atoms with Gasteiger partial charge in [0.2, 0.25) is 5.95 Å². The van der Waals surface area contributed by atoms with Crippen LogP contribution in [-0.4, -0.2) is 30.7 Å². The van der Waals surface area contributed by atoms with Gasteiger partial charge in [-0.3, -0.25) is 18.6 Å². The van der Waals surface area contributed by atoms with Crippen LogP contribution in [0.5, 0.6) is 0 Å². The minimum atomic E-state index is -2.44. The third-order valence-electron chi connectivity index (χ3n) is 4.72. The molecule has 1 aromatic carbocycles. The topological polar surface area (TPSA) is 98.2 Å². The van der Waals surface area contributed by atoms with E-state index >= 15 is 0 Å². The van der Waals surface area contributed by atoms with Gasteiger partial charge in [0.15, 0.2) is 0 Å². The highest BCUT2D eigenvalue weighted by Crippen LogP contribution is 2.34. The lowest BCUT2D eigenvalue weighted by atomic mass is 9.93. The molecule has 30 heavy (non-hydrogen) atoms. The molecule has 156 valence electrons. The number of hydrogen-bond acceptors (Lipinski definition) is 6. The number of thiophene rings is 1. The molecule has 1 amide bonds. The Kier molecular flexibility index (Phi) is 6.09. The zero-order chi connectivity index (χ0) is 21.3. The molecule has 0 aliphatic heterocycles. The number of anilines is 2. The van der Waals surface area contributed by atoms with Crippen LogP contribution in [0.1, 0.15) is 28.0 Å². The Bertz CT molecular complexity index is 1110. The molecule has 4 rings (SSSR count). The Labute approximate surface area is 183 Å². The molecule has 2 heterocycles. The van der Waals surface area contributed by atoms with Crippen LogP contribution in [0.4, 0.5) is 15.3 Å². The first-order chi connectivity index (χ1) is 14.4. The van der Waals surface area contributed by atoms with Gasteiger partial charge >= 0.3 is 0 Å². The zero-order valence-corrected chi connectivity index (χ0v) is 17.8. The molecule has 1 N–H and O–H groups in total. The number of carbonyl (C=O) groups is 1. The van der Waals surface area contributed by atoms with Gasteiger partial charge in [-0.1, -0.05) is 11.6 Å². The Hall–Kier alpha value is -2.40. The first-order valence-electron chi connectivity index (χ1n) is 8.96. The molecule has 2 unspecified atom stereocenters. The molecule has 7 nitrogen and oxygen atoms in total. The Morgan fingerprint density at radius 2 is 2.07 bits per heavy atom. The van der Waals surface area contributed by atoms with Crippen molar-refractivity contribution in [3.63, 3.8) is 0 Å². The van der Waals surface area contributed by atoms with Crippen molar-refractivity contribution in [2.24, 2.45) is 0 Å². The van der Waals surface area contributed by atoms with E-state index in [1.54, 1.807) is 18.3 Å². The normalized spacial score (nSPS) is 16.6. The quantitative estimate of drug-likeness (QED) is 0.579. The SMILES string of the molecule is O=C(Nc1ncc2c(n1)CCC(N(c1ccc(Cl)s1)S(=O)[O-])C2)c1ccc(F)cc1. The van der Waals surface area contributed by atoms with Crippen LogP contribution < -0.4 is 9.62 Å². The molecular weight excluding hydrogens is 451 g/mol. The third kappa shape index (κ3) is 4.51. The smallest absolute Gasteiger partial charge is 0.258 e. The number of benzene rings is 1. The zero-order valence-electron chi connectivity index (χ0n) is 15.4. The van der Waals surface area contributed by atoms with Gasteiger partial charge in [-0.15, -0.1) is 11.3 Å². The van der Waals surface area contributed by atoms with Crippen LogP contribution in [0.2, 0.25) is 4.34 Å². The van der Waals surface area contributed by atoms with Gasteiger partial charge in [0, 0.05) is 34.8 Å². The molecule has 0 radical (unpaired) electrons. The number of carbonyl (C=O) groups excluding carboxylic acids is 1. The highest BCUT2D eigenvalue weighted by molar-refractivity contribution is 7.81. The number of rotatable bonds is 5. The van der Waals surface area contributed by atoms with Gasteiger partial charge < -0.3 is 4.55 Å². The maximum atomic E-state index is 13.0. The second kappa shape index (κ2) is 8.76. The summed E-state index contributed by atoms with van der Waals surface area (Å²) in [6.45, 7) is 0. The average Bonchev–Trinajstić information content (AvgIpc) is 3.14. The fourth-order valence-corrected chi connectivity index (χ4v) is 5.26. The van der Waals surface area contributed by atoms with Crippen LogP contribution in [0, 0.1) is 5.82 Å². The molecule has 0 fully saturated rings. The molecule has 1 aliphatic carbocycles. The van der Waals surface area contributed by atoms with Crippen LogP contribution >= 0.6 is 22.9 Å². The number of aryl methyl sites for hydroxylation is 1. The van der Waals surface area contributed by atoms with Crippen molar-refractivity contribution in [3.8, 4) is 0 Å². The van der Waals surface area contributed by atoms with Gasteiger partial charge in [0.25, 0.3) is 5.91 Å². The van der Waals surface area contributed by atoms with E-state index in [4.69, 9.17) is 11.6 Å². The van der Waals surface area contributed by atoms with Crippen LogP contribution in [0.3, 0.4) is 0 Å². The summed E-state index contributed by atoms with van der Waals surface area (Å²) < 4.78 is 38.5. The van der Waals surface area contributed by atoms with Crippen molar-refractivity contribution in [1.29, 1.82) is 0 Å². The minimum Gasteiger partial charge on any atom is -0.755 e. The Balaban J connectivity index is 1.49. The highest BCUT2D eigenvalue weighted by Gasteiger charge is 2.28. The molecule has 11 heteroatoms. The predicted molar refractivity (Wildman–Crippen MR) is 113 cm³/mol. The van der Waals surface area contributed by atoms with E-state index in [0.717, 1.165) is 11.3 Å². The van der Waals surface area contributed by atoms with Crippen molar-refractivity contribution < 1.29 is 17.9 Å². The summed E-state index contributed by atoms with van der Waals surface area (Å²) >= 11 is 4.72. The van der Waals surface area contributed by atoms with Gasteiger partial charge in [-0.25, -0.2) is 14.4 Å². The van der Waals surface area contributed by atoms with E-state index in [2.05, 4.69) is 15.3 Å². The monoisotopic (exact) mass is 465 g/mol. The van der Waals surface area contributed by atoms with Crippen molar-refractivity contribution in [3.05, 3.63) is 69.6 Å². The fraction of sp³-hybridized carbons (Fsp3) is 0.211. The lowest BCUT2D eigenvalue weighted by Gasteiger charge is -2.36. The maximum absolute atomic E-state index is 13.0. The first-order valence-corrected chi connectivity index (χ1v) is 11.2. The number of nitrogens with zero attached hydrogens (tertiary/aromatic N) is 3. The average molecular weight is 466 g/mol. The number of halogens is 2. The summed E-state index contributed by atoms with van der Waals surface area (Å²) in [5.74, 6) is -0.717. The van der Waals surface area contributed by atoms with E-state index in [9.17, 15) is 17.9 Å². The third-order valence-corrected chi connectivity index (χ3v) is 6.89. The summed E-state index contributed by atoms with van der Waals surface area (Å²) in [5.41, 5.74) is 1.88. The standard InChI is InChI=1S/C19H16ClFN4O3S2/c20-16-7-8-17(29-16)25(30(27)28)14-5-6-15-12(9-14)10-22-19(23-15)24-18(26)11-1-3-13(21)4-2-11/h1-4,7-8,10,14H,5-6,9H2,(H,27,28)(H,22,23,24,26)/p-1. The van der Waals surface area contributed by atoms with Gasteiger partial charge in [0.05, 0.1) is 4.34 Å². The van der Waals surface area contributed by atoms with Gasteiger partial charge in [0.1, 0.15) is 10.8 Å². The van der Waals surface area contributed by atoms with E-state index in [1.165, 1.54) is 39.9 Å². The fourth-order valence-electron chi connectivity index (χ4n) is 3.32. The second-order valence-electron chi connectivity index (χ2n) is 6.64. The van der Waals surface area contributed by atoms with Crippen LogP contribution in [0.15, 0.2) is 42.6 Å². The van der Waals surface area contributed by atoms with Crippen LogP contribution in [-0.2, 0) is 24.1 Å². The van der Waals surface area contributed by atoms with E-state index in [1.807, 2.05) is 0 Å². The molecule has 0 saturated heterocycles. The summed E-state index contributed by atoms with van der Waals surface area (Å²) in [5, 5.41) is 3.16. The summed E-state index contributed by atoms with van der Waals surface area (Å²) in [6.07, 6.45) is 3.15. The largest absolute Gasteiger partial charge is 0.755 e. The second-order valence-corrected chi connectivity index (χ2v) is 9.16. The lowest BCUT2D eigenvalue weighted by Crippen LogP contribution is -2.40. The summed E-state index contributed by atoms with van der Waals surface area (Å²) in [4.78, 5) is 20.9. The highest BCUT2D eigenvalue weighted by atomic mass is 35.5. The van der Waals surface area contributed by atoms with Crippen molar-refractivity contribution in [2.75, 3.05) is 9.62 Å². The van der Waals surface area contributed by atoms with E-state index in [-0.39, 0.29) is 12.0 Å². The molecule has 0 bridgehead atoms. The molecule has 2 aromatic heterocycles. The van der Waals surface area contributed by atoms with E-state index < -0.39 is 23.0 Å². The molecule has 0 saturated carbocycles.